The Hall–Kier alpha value is -2.56. The summed E-state index contributed by atoms with van der Waals surface area (Å²) in [5, 5.41) is 1.01. The second-order valence-electron chi connectivity index (χ2n) is 7.69. The maximum Gasteiger partial charge on any atom is 0.254 e. The molecule has 0 radical (unpaired) electrons. The lowest BCUT2D eigenvalue weighted by Crippen LogP contribution is -2.41. The Kier molecular flexibility index (Phi) is 3.62. The first-order valence-electron chi connectivity index (χ1n) is 9.61. The number of hydrogen-bond donors (Lipinski definition) is 1. The number of imidazole rings is 1. The number of benzene rings is 1. The van der Waals surface area contributed by atoms with Gasteiger partial charge in [0, 0.05) is 53.6 Å². The number of nitrogens with zero attached hydrogens (tertiary/aromatic N) is 3. The van der Waals surface area contributed by atoms with Crippen LogP contribution in [0.15, 0.2) is 36.7 Å². The van der Waals surface area contributed by atoms with Crippen molar-refractivity contribution in [1.29, 1.82) is 0 Å². The average molecular weight is 348 g/mol. The maximum absolute atomic E-state index is 13.2. The molecule has 1 aliphatic heterocycles. The van der Waals surface area contributed by atoms with Crippen LogP contribution in [0.4, 0.5) is 0 Å². The van der Waals surface area contributed by atoms with Crippen LogP contribution < -0.4 is 0 Å². The third-order valence-electron chi connectivity index (χ3n) is 5.83. The lowest BCUT2D eigenvalue weighted by Gasteiger charge is -2.35. The van der Waals surface area contributed by atoms with E-state index in [4.69, 9.17) is 0 Å². The third kappa shape index (κ3) is 2.54. The molecule has 5 rings (SSSR count). The van der Waals surface area contributed by atoms with Crippen molar-refractivity contribution >= 4 is 16.8 Å². The topological polar surface area (TPSA) is 53.9 Å². The van der Waals surface area contributed by atoms with Gasteiger partial charge in [0.25, 0.3) is 5.91 Å². The molecule has 26 heavy (non-hydrogen) atoms. The van der Waals surface area contributed by atoms with Gasteiger partial charge in [-0.15, -0.1) is 0 Å². The predicted molar refractivity (Wildman–Crippen MR) is 101 cm³/mol. The number of piperidine rings is 1. The van der Waals surface area contributed by atoms with Crippen LogP contribution in [-0.4, -0.2) is 38.4 Å². The molecule has 1 saturated carbocycles. The first kappa shape index (κ1) is 15.7. The second-order valence-corrected chi connectivity index (χ2v) is 7.69. The molecule has 2 fully saturated rings. The van der Waals surface area contributed by atoms with E-state index < -0.39 is 0 Å². The molecule has 1 aliphatic carbocycles. The molecular formula is C21H24N4O. The van der Waals surface area contributed by atoms with Crippen molar-refractivity contribution < 1.29 is 4.79 Å². The minimum atomic E-state index is 0.144. The first-order chi connectivity index (χ1) is 12.7. The van der Waals surface area contributed by atoms with E-state index in [-0.39, 0.29) is 5.91 Å². The standard InChI is InChI=1S/C21H24N4O/c1-14-12-23-20(15-7-8-15)25(14)16-4-3-11-24(13-16)21(26)18-5-2-6-19-17(18)9-10-22-19/h2,5-6,9-10,12,15-16,22H,3-4,7-8,11,13H2,1H3. The van der Waals surface area contributed by atoms with Gasteiger partial charge >= 0.3 is 0 Å². The molecule has 134 valence electrons. The molecule has 2 aliphatic rings. The molecule has 1 N–H and O–H groups in total. The van der Waals surface area contributed by atoms with Gasteiger partial charge in [-0.1, -0.05) is 6.07 Å². The maximum atomic E-state index is 13.2. The Morgan fingerprint density at radius 2 is 2.12 bits per heavy atom. The fourth-order valence-corrected chi connectivity index (χ4v) is 4.38. The molecule has 5 nitrogen and oxygen atoms in total. The highest BCUT2D eigenvalue weighted by Crippen LogP contribution is 2.41. The van der Waals surface area contributed by atoms with Gasteiger partial charge in [0.1, 0.15) is 5.82 Å². The van der Waals surface area contributed by atoms with Crippen LogP contribution in [0.5, 0.6) is 0 Å². The Labute approximate surface area is 153 Å². The number of amides is 1. The largest absolute Gasteiger partial charge is 0.361 e. The zero-order valence-electron chi connectivity index (χ0n) is 15.1. The highest BCUT2D eigenvalue weighted by Gasteiger charge is 2.33. The van der Waals surface area contributed by atoms with Gasteiger partial charge in [-0.05, 0) is 50.8 Å². The van der Waals surface area contributed by atoms with E-state index in [0.29, 0.717) is 12.0 Å². The summed E-state index contributed by atoms with van der Waals surface area (Å²) in [6.07, 6.45) is 8.56. The van der Waals surface area contributed by atoms with E-state index >= 15 is 0 Å². The molecule has 5 heteroatoms. The van der Waals surface area contributed by atoms with Crippen LogP contribution in [0.25, 0.3) is 10.9 Å². The molecule has 1 aromatic carbocycles. The number of H-pyrrole nitrogens is 1. The number of aromatic nitrogens is 3. The van der Waals surface area contributed by atoms with Crippen LogP contribution >= 0.6 is 0 Å². The van der Waals surface area contributed by atoms with Gasteiger partial charge in [0.05, 0.1) is 6.04 Å². The fourth-order valence-electron chi connectivity index (χ4n) is 4.38. The third-order valence-corrected chi connectivity index (χ3v) is 5.83. The normalized spacial score (nSPS) is 20.7. The van der Waals surface area contributed by atoms with E-state index in [0.717, 1.165) is 42.4 Å². The van der Waals surface area contributed by atoms with Crippen molar-refractivity contribution in [2.75, 3.05) is 13.1 Å². The number of carbonyl (C=O) groups excluding carboxylic acids is 1. The van der Waals surface area contributed by atoms with E-state index in [2.05, 4.69) is 21.5 Å². The molecule has 1 unspecified atom stereocenters. The molecule has 2 aromatic heterocycles. The Morgan fingerprint density at radius 1 is 1.23 bits per heavy atom. The summed E-state index contributed by atoms with van der Waals surface area (Å²) in [6.45, 7) is 3.75. The SMILES string of the molecule is Cc1cnc(C2CC2)n1C1CCCN(C(=O)c2cccc3[nH]ccc23)C1. The minimum Gasteiger partial charge on any atom is -0.361 e. The van der Waals surface area contributed by atoms with Gasteiger partial charge < -0.3 is 14.5 Å². The van der Waals surface area contributed by atoms with Crippen molar-refractivity contribution in [3.8, 4) is 0 Å². The second kappa shape index (κ2) is 6.01. The van der Waals surface area contributed by atoms with Crippen LogP contribution in [0.2, 0.25) is 0 Å². The number of likely N-dealkylation sites (tertiary alicyclic amines) is 1. The Balaban J connectivity index is 1.43. The summed E-state index contributed by atoms with van der Waals surface area (Å²) in [5.74, 6) is 2.00. The first-order valence-corrected chi connectivity index (χ1v) is 9.61. The van der Waals surface area contributed by atoms with Gasteiger partial charge in [-0.25, -0.2) is 4.98 Å². The molecule has 3 heterocycles. The Bertz CT molecular complexity index is 965. The van der Waals surface area contributed by atoms with E-state index in [1.165, 1.54) is 24.4 Å². The highest BCUT2D eigenvalue weighted by atomic mass is 16.2. The summed E-state index contributed by atoms with van der Waals surface area (Å²) in [5.41, 5.74) is 3.04. The van der Waals surface area contributed by atoms with Gasteiger partial charge in [-0.2, -0.15) is 0 Å². The summed E-state index contributed by atoms with van der Waals surface area (Å²) >= 11 is 0. The summed E-state index contributed by atoms with van der Waals surface area (Å²) in [4.78, 5) is 23.1. The van der Waals surface area contributed by atoms with E-state index in [1.54, 1.807) is 0 Å². The highest BCUT2D eigenvalue weighted by molar-refractivity contribution is 6.06. The quantitative estimate of drug-likeness (QED) is 0.777. The van der Waals surface area contributed by atoms with Crippen molar-refractivity contribution in [3.05, 3.63) is 53.7 Å². The lowest BCUT2D eigenvalue weighted by molar-refractivity contribution is 0.0679. The van der Waals surface area contributed by atoms with Crippen LogP contribution in [0.1, 0.15) is 59.5 Å². The number of rotatable bonds is 3. The fraction of sp³-hybridized carbons (Fsp3) is 0.429. The average Bonchev–Trinajstić information content (AvgIpc) is 3.26. The lowest BCUT2D eigenvalue weighted by atomic mass is 10.0. The molecule has 1 atom stereocenters. The molecule has 0 bridgehead atoms. The predicted octanol–water partition coefficient (Wildman–Crippen LogP) is 4.03. The zero-order valence-corrected chi connectivity index (χ0v) is 15.1. The number of nitrogens with one attached hydrogen (secondary N) is 1. The monoisotopic (exact) mass is 348 g/mol. The van der Waals surface area contributed by atoms with Gasteiger partial charge in [0.15, 0.2) is 0 Å². The zero-order chi connectivity index (χ0) is 17.7. The van der Waals surface area contributed by atoms with Crippen LogP contribution in [0, 0.1) is 6.92 Å². The summed E-state index contributed by atoms with van der Waals surface area (Å²) in [6, 6.07) is 8.26. The van der Waals surface area contributed by atoms with E-state index in [9.17, 15) is 4.79 Å². The summed E-state index contributed by atoms with van der Waals surface area (Å²) < 4.78 is 2.41. The molecular weight excluding hydrogens is 324 g/mol. The molecule has 3 aromatic rings. The smallest absolute Gasteiger partial charge is 0.254 e. The molecule has 1 amide bonds. The molecule has 1 saturated heterocycles. The minimum absolute atomic E-state index is 0.144. The number of aryl methyl sites for hydroxylation is 1. The van der Waals surface area contributed by atoms with Crippen molar-refractivity contribution in [2.24, 2.45) is 0 Å². The number of aromatic amines is 1. The summed E-state index contributed by atoms with van der Waals surface area (Å²) in [7, 11) is 0. The van der Waals surface area contributed by atoms with Gasteiger partial charge in [-0.3, -0.25) is 4.79 Å². The van der Waals surface area contributed by atoms with Crippen molar-refractivity contribution in [3.63, 3.8) is 0 Å². The molecule has 0 spiro atoms. The number of carbonyl (C=O) groups is 1. The number of hydrogen-bond acceptors (Lipinski definition) is 2. The van der Waals surface area contributed by atoms with Gasteiger partial charge in [0.2, 0.25) is 0 Å². The number of fused-ring (bicyclic) bond motifs is 1. The van der Waals surface area contributed by atoms with E-state index in [1.807, 2.05) is 41.6 Å². The Morgan fingerprint density at radius 3 is 2.96 bits per heavy atom. The van der Waals surface area contributed by atoms with Crippen molar-refractivity contribution in [1.82, 2.24) is 19.4 Å². The van der Waals surface area contributed by atoms with Crippen LogP contribution in [0.3, 0.4) is 0 Å². The van der Waals surface area contributed by atoms with Crippen molar-refractivity contribution in [2.45, 2.75) is 44.6 Å². The van der Waals surface area contributed by atoms with Crippen LogP contribution in [-0.2, 0) is 0 Å².